The molecule has 1 saturated carbocycles. The molecule has 3 N–H and O–H groups in total. The molecule has 0 aliphatic heterocycles. The number of carbonyl (C=O) groups is 1. The van der Waals surface area contributed by atoms with Crippen LogP contribution in [0, 0.1) is 5.92 Å². The largest absolute Gasteiger partial charge is 0.480 e. The summed E-state index contributed by atoms with van der Waals surface area (Å²) in [6, 6.07) is -1.46. The highest BCUT2D eigenvalue weighted by Gasteiger charge is 2.41. The lowest BCUT2D eigenvalue weighted by Gasteiger charge is -2.27. The molecule has 0 bridgehead atoms. The minimum atomic E-state index is -2.94. The van der Waals surface area contributed by atoms with Crippen molar-refractivity contribution in [2.75, 3.05) is 0 Å². The van der Waals surface area contributed by atoms with Crippen molar-refractivity contribution in [2.24, 2.45) is 11.7 Å². The second kappa shape index (κ2) is 5.57. The molecule has 0 aromatic carbocycles. The Morgan fingerprint density at radius 1 is 1.31 bits per heavy atom. The van der Waals surface area contributed by atoms with Crippen LogP contribution in [0.1, 0.15) is 44.9 Å². The highest BCUT2D eigenvalue weighted by Crippen LogP contribution is 2.38. The molecule has 0 spiro atoms. The predicted molar refractivity (Wildman–Crippen MR) is 56.4 cm³/mol. The first kappa shape index (κ1) is 13.4. The monoisotopic (exact) mass is 235 g/mol. The normalized spacial score (nSPS) is 21.4. The Hall–Kier alpha value is -0.710. The molecule has 3 nitrogen and oxygen atoms in total. The van der Waals surface area contributed by atoms with Crippen LogP contribution in [0.15, 0.2) is 0 Å². The predicted octanol–water partition coefficient (Wildman–Crippen LogP) is 2.39. The first-order valence-corrected chi connectivity index (χ1v) is 5.79. The third kappa shape index (κ3) is 3.70. The molecule has 1 aliphatic carbocycles. The van der Waals surface area contributed by atoms with Crippen LogP contribution in [0.4, 0.5) is 8.78 Å². The van der Waals surface area contributed by atoms with Gasteiger partial charge in [0.25, 0.3) is 5.92 Å². The smallest absolute Gasteiger partial charge is 0.320 e. The van der Waals surface area contributed by atoms with Crippen molar-refractivity contribution in [1.29, 1.82) is 0 Å². The van der Waals surface area contributed by atoms with Gasteiger partial charge in [0.1, 0.15) is 6.04 Å². The lowest BCUT2D eigenvalue weighted by atomic mass is 9.89. The molecule has 94 valence electrons. The van der Waals surface area contributed by atoms with Crippen LogP contribution in [0.25, 0.3) is 0 Å². The van der Waals surface area contributed by atoms with Gasteiger partial charge in [-0.15, -0.1) is 0 Å². The van der Waals surface area contributed by atoms with E-state index in [-0.39, 0.29) is 0 Å². The molecule has 1 unspecified atom stereocenters. The van der Waals surface area contributed by atoms with E-state index in [1.165, 1.54) is 0 Å². The van der Waals surface area contributed by atoms with Crippen LogP contribution in [-0.4, -0.2) is 23.0 Å². The standard InChI is InChI=1S/C11H19F2NO2/c12-11(13,7-9(14)10(15)16)8-5-3-1-2-4-6-8/h8-9H,1-7,14H2,(H,15,16). The molecule has 0 aromatic heterocycles. The van der Waals surface area contributed by atoms with Crippen LogP contribution in [0.5, 0.6) is 0 Å². The minimum absolute atomic E-state index is 0.485. The second-order valence-electron chi connectivity index (χ2n) is 4.60. The molecule has 0 radical (unpaired) electrons. The van der Waals surface area contributed by atoms with Crippen molar-refractivity contribution < 1.29 is 18.7 Å². The number of nitrogens with two attached hydrogens (primary N) is 1. The molecule has 0 saturated heterocycles. The Kier molecular flexibility index (Phi) is 4.65. The number of carboxylic acid groups (broad SMARTS) is 1. The fourth-order valence-corrected chi connectivity index (χ4v) is 2.25. The second-order valence-corrected chi connectivity index (χ2v) is 4.60. The van der Waals surface area contributed by atoms with Crippen LogP contribution >= 0.6 is 0 Å². The number of alkyl halides is 2. The van der Waals surface area contributed by atoms with E-state index in [0.717, 1.165) is 25.7 Å². The van der Waals surface area contributed by atoms with E-state index in [0.29, 0.717) is 12.8 Å². The van der Waals surface area contributed by atoms with Crippen LogP contribution in [0.2, 0.25) is 0 Å². The molecule has 1 atom stereocenters. The zero-order chi connectivity index (χ0) is 12.2. The number of rotatable bonds is 4. The minimum Gasteiger partial charge on any atom is -0.480 e. The zero-order valence-electron chi connectivity index (χ0n) is 9.29. The van der Waals surface area contributed by atoms with Crippen molar-refractivity contribution in [2.45, 2.75) is 56.9 Å². The molecule has 16 heavy (non-hydrogen) atoms. The lowest BCUT2D eigenvalue weighted by molar-refractivity contribution is -0.143. The SMILES string of the molecule is NC(CC(F)(F)C1CCCCCC1)C(=O)O. The van der Waals surface area contributed by atoms with Gasteiger partial charge in [0.2, 0.25) is 0 Å². The van der Waals surface area contributed by atoms with Crippen molar-refractivity contribution in [3.63, 3.8) is 0 Å². The van der Waals surface area contributed by atoms with Crippen molar-refractivity contribution >= 4 is 5.97 Å². The molecule has 0 amide bonds. The van der Waals surface area contributed by atoms with Gasteiger partial charge in [0, 0.05) is 12.3 Å². The Balaban J connectivity index is 2.56. The molecule has 0 aromatic rings. The maximum absolute atomic E-state index is 13.8. The van der Waals surface area contributed by atoms with Gasteiger partial charge in [-0.3, -0.25) is 4.79 Å². The summed E-state index contributed by atoms with van der Waals surface area (Å²) in [4.78, 5) is 10.5. The summed E-state index contributed by atoms with van der Waals surface area (Å²) in [5, 5.41) is 8.54. The fourth-order valence-electron chi connectivity index (χ4n) is 2.25. The summed E-state index contributed by atoms with van der Waals surface area (Å²) in [6.45, 7) is 0. The molecule has 1 rings (SSSR count). The maximum atomic E-state index is 13.8. The highest BCUT2D eigenvalue weighted by atomic mass is 19.3. The summed E-state index contributed by atoms with van der Waals surface area (Å²) in [7, 11) is 0. The summed E-state index contributed by atoms with van der Waals surface area (Å²) in [6.07, 6.45) is 3.84. The average molecular weight is 235 g/mol. The fraction of sp³-hybridized carbons (Fsp3) is 0.909. The number of carboxylic acids is 1. The molecule has 5 heteroatoms. The molecular formula is C11H19F2NO2. The number of hydrogen-bond acceptors (Lipinski definition) is 2. The van der Waals surface area contributed by atoms with Crippen LogP contribution in [0.3, 0.4) is 0 Å². The van der Waals surface area contributed by atoms with E-state index in [1.807, 2.05) is 0 Å². The highest BCUT2D eigenvalue weighted by molar-refractivity contribution is 5.73. The van der Waals surface area contributed by atoms with E-state index in [2.05, 4.69) is 0 Å². The van der Waals surface area contributed by atoms with E-state index in [1.54, 1.807) is 0 Å². The summed E-state index contributed by atoms with van der Waals surface area (Å²) in [5.74, 6) is -4.99. The molecule has 0 heterocycles. The van der Waals surface area contributed by atoms with Gasteiger partial charge in [-0.1, -0.05) is 25.7 Å². The van der Waals surface area contributed by atoms with Gasteiger partial charge in [-0.2, -0.15) is 0 Å². The lowest BCUT2D eigenvalue weighted by Crippen LogP contribution is -2.40. The summed E-state index contributed by atoms with van der Waals surface area (Å²) >= 11 is 0. The van der Waals surface area contributed by atoms with Gasteiger partial charge in [-0.25, -0.2) is 8.78 Å². The number of aliphatic carboxylic acids is 1. The third-order valence-electron chi connectivity index (χ3n) is 3.26. The quantitative estimate of drug-likeness (QED) is 0.735. The Morgan fingerprint density at radius 3 is 2.25 bits per heavy atom. The molecule has 1 fully saturated rings. The number of hydrogen-bond donors (Lipinski definition) is 2. The van der Waals surface area contributed by atoms with Crippen molar-refractivity contribution in [3.05, 3.63) is 0 Å². The maximum Gasteiger partial charge on any atom is 0.320 e. The van der Waals surface area contributed by atoms with E-state index in [9.17, 15) is 13.6 Å². The third-order valence-corrected chi connectivity index (χ3v) is 3.26. The first-order chi connectivity index (χ1) is 7.43. The molecule has 1 aliphatic rings. The first-order valence-electron chi connectivity index (χ1n) is 5.79. The van der Waals surface area contributed by atoms with Gasteiger partial charge >= 0.3 is 5.97 Å². The zero-order valence-corrected chi connectivity index (χ0v) is 9.29. The van der Waals surface area contributed by atoms with Gasteiger partial charge in [0.05, 0.1) is 0 Å². The average Bonchev–Trinajstić information content (AvgIpc) is 2.45. The van der Waals surface area contributed by atoms with Crippen molar-refractivity contribution in [1.82, 2.24) is 0 Å². The van der Waals surface area contributed by atoms with Crippen LogP contribution < -0.4 is 5.73 Å². The van der Waals surface area contributed by atoms with Gasteiger partial charge < -0.3 is 10.8 Å². The van der Waals surface area contributed by atoms with E-state index >= 15 is 0 Å². The number of halogens is 2. The van der Waals surface area contributed by atoms with Crippen molar-refractivity contribution in [3.8, 4) is 0 Å². The van der Waals surface area contributed by atoms with Gasteiger partial charge in [-0.05, 0) is 12.8 Å². The van der Waals surface area contributed by atoms with Gasteiger partial charge in [0.15, 0.2) is 0 Å². The van der Waals surface area contributed by atoms with Crippen LogP contribution in [-0.2, 0) is 4.79 Å². The summed E-state index contributed by atoms with van der Waals surface area (Å²) in [5.41, 5.74) is 5.17. The Labute approximate surface area is 94.0 Å². The van der Waals surface area contributed by atoms with E-state index < -0.39 is 30.3 Å². The summed E-state index contributed by atoms with van der Waals surface area (Å²) < 4.78 is 27.5. The van der Waals surface area contributed by atoms with E-state index in [4.69, 9.17) is 10.8 Å². The Morgan fingerprint density at radius 2 is 1.81 bits per heavy atom. The molecular weight excluding hydrogens is 216 g/mol. The topological polar surface area (TPSA) is 63.3 Å². The Bertz CT molecular complexity index is 238.